The van der Waals surface area contributed by atoms with Crippen molar-refractivity contribution in [1.29, 1.82) is 0 Å². The van der Waals surface area contributed by atoms with Crippen LogP contribution in [0.25, 0.3) is 5.78 Å². The molecule has 0 radical (unpaired) electrons. The molecule has 0 unspecified atom stereocenters. The lowest BCUT2D eigenvalue weighted by atomic mass is 10.2. The van der Waals surface area contributed by atoms with Gasteiger partial charge < -0.3 is 10.1 Å². The Hall–Kier alpha value is -2.81. The number of aryl methyl sites for hydroxylation is 1. The number of aromatic nitrogens is 4. The summed E-state index contributed by atoms with van der Waals surface area (Å²) in [6.45, 7) is 4.23. The van der Waals surface area contributed by atoms with Gasteiger partial charge in [-0.15, -0.1) is 11.8 Å². The fourth-order valence-corrected chi connectivity index (χ4v) is 3.03. The number of rotatable bonds is 7. The number of anilines is 1. The van der Waals surface area contributed by atoms with Crippen LogP contribution in [-0.4, -0.2) is 38.4 Å². The smallest absolute Gasteiger partial charge is 0.310 e. The van der Waals surface area contributed by atoms with E-state index in [0.29, 0.717) is 23.8 Å². The van der Waals surface area contributed by atoms with E-state index in [2.05, 4.69) is 32.5 Å². The summed E-state index contributed by atoms with van der Waals surface area (Å²) >= 11 is 1.69. The Morgan fingerprint density at radius 2 is 2.04 bits per heavy atom. The first kappa shape index (κ1) is 19.0. The van der Waals surface area contributed by atoms with Crippen molar-refractivity contribution in [3.8, 4) is 0 Å². The second-order valence-corrected chi connectivity index (χ2v) is 6.75. The third-order valence-corrected chi connectivity index (χ3v) is 4.78. The predicted octanol–water partition coefficient (Wildman–Crippen LogP) is 2.17. The minimum absolute atomic E-state index is 0.113. The highest BCUT2D eigenvalue weighted by atomic mass is 32.2. The first-order valence-corrected chi connectivity index (χ1v) is 9.75. The Kier molecular flexibility index (Phi) is 5.80. The molecular weight excluding hydrogens is 366 g/mol. The fourth-order valence-electron chi connectivity index (χ4n) is 2.62. The van der Waals surface area contributed by atoms with E-state index in [1.54, 1.807) is 25.6 Å². The molecule has 142 valence electrons. The molecule has 27 heavy (non-hydrogen) atoms. The number of fused-ring (bicyclic) bond motifs is 1. The lowest BCUT2D eigenvalue weighted by molar-refractivity contribution is -0.142. The molecule has 2 aromatic heterocycles. The number of carbonyl (C=O) groups excluding carboxylic acids is 1. The van der Waals surface area contributed by atoms with Crippen LogP contribution in [0.5, 0.6) is 0 Å². The first-order valence-electron chi connectivity index (χ1n) is 8.52. The highest BCUT2D eigenvalue weighted by Crippen LogP contribution is 2.15. The van der Waals surface area contributed by atoms with Crippen molar-refractivity contribution in [3.63, 3.8) is 0 Å². The Labute approximate surface area is 160 Å². The van der Waals surface area contributed by atoms with Crippen LogP contribution in [0.3, 0.4) is 0 Å². The van der Waals surface area contributed by atoms with E-state index in [4.69, 9.17) is 4.74 Å². The summed E-state index contributed by atoms with van der Waals surface area (Å²) in [5, 5.41) is 6.04. The van der Waals surface area contributed by atoms with E-state index in [0.717, 1.165) is 5.56 Å². The molecular formula is C18H21N5O3S. The fraction of sp³-hybridized carbons (Fsp3) is 0.333. The molecule has 0 bridgehead atoms. The van der Waals surface area contributed by atoms with Gasteiger partial charge in [0.1, 0.15) is 0 Å². The van der Waals surface area contributed by atoms with Crippen molar-refractivity contribution in [1.82, 2.24) is 19.6 Å². The van der Waals surface area contributed by atoms with E-state index < -0.39 is 5.97 Å². The van der Waals surface area contributed by atoms with Gasteiger partial charge in [0.25, 0.3) is 11.3 Å². The summed E-state index contributed by atoms with van der Waals surface area (Å²) in [4.78, 5) is 34.2. The zero-order valence-electron chi connectivity index (χ0n) is 15.4. The van der Waals surface area contributed by atoms with Crippen molar-refractivity contribution in [2.75, 3.05) is 18.2 Å². The van der Waals surface area contributed by atoms with Gasteiger partial charge in [-0.3, -0.25) is 14.7 Å². The second kappa shape index (κ2) is 8.26. The van der Waals surface area contributed by atoms with Gasteiger partial charge in [0.15, 0.2) is 0 Å². The van der Waals surface area contributed by atoms with Gasteiger partial charge in [-0.25, -0.2) is 4.98 Å². The maximum Gasteiger partial charge on any atom is 0.310 e. The molecule has 8 nitrogen and oxygen atoms in total. The molecule has 9 heteroatoms. The van der Waals surface area contributed by atoms with Crippen LogP contribution in [-0.2, 0) is 22.5 Å². The molecule has 1 aromatic carbocycles. The van der Waals surface area contributed by atoms with Gasteiger partial charge in [0.05, 0.1) is 24.3 Å². The number of hydrogen-bond donors (Lipinski definition) is 2. The number of ether oxygens (including phenoxy) is 1. The molecule has 0 spiro atoms. The molecule has 3 rings (SSSR count). The molecule has 2 heterocycles. The van der Waals surface area contributed by atoms with E-state index in [1.165, 1.54) is 9.41 Å². The lowest BCUT2D eigenvalue weighted by Crippen LogP contribution is -2.25. The van der Waals surface area contributed by atoms with E-state index >= 15 is 0 Å². The van der Waals surface area contributed by atoms with Gasteiger partial charge in [-0.1, -0.05) is 12.1 Å². The number of hydrogen-bond acceptors (Lipinski definition) is 7. The van der Waals surface area contributed by atoms with Crippen molar-refractivity contribution < 1.29 is 9.53 Å². The number of H-pyrrole nitrogens is 1. The number of aromatic amines is 1. The Bertz CT molecular complexity index is 1010. The quantitative estimate of drug-likeness (QED) is 0.473. The number of nitrogens with zero attached hydrogens (tertiary/aromatic N) is 3. The topological polar surface area (TPSA) is 101 Å². The Morgan fingerprint density at radius 3 is 2.70 bits per heavy atom. The van der Waals surface area contributed by atoms with Gasteiger partial charge in [-0.05, 0) is 37.8 Å². The normalized spacial score (nSPS) is 10.9. The van der Waals surface area contributed by atoms with Crippen molar-refractivity contribution in [2.24, 2.45) is 0 Å². The predicted molar refractivity (Wildman–Crippen MR) is 104 cm³/mol. The third-order valence-electron chi connectivity index (χ3n) is 4.04. The van der Waals surface area contributed by atoms with E-state index in [9.17, 15) is 9.59 Å². The maximum atomic E-state index is 12.7. The average molecular weight is 387 g/mol. The summed E-state index contributed by atoms with van der Waals surface area (Å²) in [5.41, 5.74) is 1.51. The van der Waals surface area contributed by atoms with Gasteiger partial charge in [0.2, 0.25) is 5.95 Å². The number of benzene rings is 1. The Morgan fingerprint density at radius 1 is 1.30 bits per heavy atom. The van der Waals surface area contributed by atoms with Crippen molar-refractivity contribution >= 4 is 29.5 Å². The zero-order chi connectivity index (χ0) is 19.4. The number of nitrogens with one attached hydrogen (secondary N) is 2. The summed E-state index contributed by atoms with van der Waals surface area (Å²) in [6.07, 6.45) is 1.92. The minimum atomic E-state index is -0.453. The monoisotopic (exact) mass is 387 g/mol. The van der Waals surface area contributed by atoms with Crippen LogP contribution >= 0.6 is 11.8 Å². The molecule has 0 aliphatic heterocycles. The SMILES string of the molecule is CCOC(=O)Cc1c(C)nc2nc(NCc3ccc(SC)cc3)[nH]n2c1=O. The summed E-state index contributed by atoms with van der Waals surface area (Å²) in [6, 6.07) is 8.18. The van der Waals surface area contributed by atoms with E-state index in [-0.39, 0.29) is 24.4 Å². The second-order valence-electron chi connectivity index (χ2n) is 5.87. The van der Waals surface area contributed by atoms with Crippen LogP contribution in [0.2, 0.25) is 0 Å². The molecule has 0 aliphatic rings. The molecule has 3 aromatic rings. The Balaban J connectivity index is 1.80. The van der Waals surface area contributed by atoms with Crippen molar-refractivity contribution in [2.45, 2.75) is 31.7 Å². The van der Waals surface area contributed by atoms with Gasteiger partial charge >= 0.3 is 5.97 Å². The first-order chi connectivity index (χ1) is 13.0. The number of thioether (sulfide) groups is 1. The van der Waals surface area contributed by atoms with Crippen molar-refractivity contribution in [3.05, 3.63) is 51.4 Å². The van der Waals surface area contributed by atoms with Crippen LogP contribution in [0.4, 0.5) is 5.95 Å². The summed E-state index contributed by atoms with van der Waals surface area (Å²) < 4.78 is 6.16. The van der Waals surface area contributed by atoms with Crippen LogP contribution in [0.1, 0.15) is 23.7 Å². The molecule has 0 aliphatic carbocycles. The number of carbonyl (C=O) groups is 1. The standard InChI is InChI=1S/C18H21N5O3S/c1-4-26-15(24)9-14-11(2)20-18-21-17(22-23(18)16(14)25)19-10-12-5-7-13(27-3)8-6-12/h5-8H,4,9-10H2,1-3H3,(H2,19,20,21,22). The molecule has 0 amide bonds. The molecule has 0 fully saturated rings. The molecule has 0 atom stereocenters. The van der Waals surface area contributed by atoms with Gasteiger partial charge in [-0.2, -0.15) is 9.50 Å². The third kappa shape index (κ3) is 4.30. The highest BCUT2D eigenvalue weighted by molar-refractivity contribution is 7.98. The van der Waals surface area contributed by atoms with E-state index in [1.807, 2.05) is 18.4 Å². The average Bonchev–Trinajstić information content (AvgIpc) is 3.07. The molecule has 0 saturated heterocycles. The largest absolute Gasteiger partial charge is 0.466 e. The number of esters is 1. The highest BCUT2D eigenvalue weighted by Gasteiger charge is 2.16. The van der Waals surface area contributed by atoms with Crippen LogP contribution < -0.4 is 10.9 Å². The minimum Gasteiger partial charge on any atom is -0.466 e. The summed E-state index contributed by atoms with van der Waals surface area (Å²) in [5.74, 6) is 0.234. The molecule has 2 N–H and O–H groups in total. The van der Waals surface area contributed by atoms with Crippen LogP contribution in [0, 0.1) is 6.92 Å². The maximum absolute atomic E-state index is 12.7. The summed E-state index contributed by atoms with van der Waals surface area (Å²) in [7, 11) is 0. The van der Waals surface area contributed by atoms with Gasteiger partial charge in [0, 0.05) is 11.4 Å². The molecule has 0 saturated carbocycles. The van der Waals surface area contributed by atoms with Crippen LogP contribution in [0.15, 0.2) is 34.0 Å². The zero-order valence-corrected chi connectivity index (χ0v) is 16.2. The lowest BCUT2D eigenvalue weighted by Gasteiger charge is -2.04.